The Balaban J connectivity index is 2.02. The van der Waals surface area contributed by atoms with Gasteiger partial charge >= 0.3 is 0 Å². The maximum absolute atomic E-state index is 12.6. The van der Waals surface area contributed by atoms with Gasteiger partial charge in [-0.3, -0.25) is 4.79 Å². The van der Waals surface area contributed by atoms with Crippen LogP contribution in [-0.4, -0.2) is 43.2 Å². The number of aromatic nitrogens is 5. The summed E-state index contributed by atoms with van der Waals surface area (Å²) in [5.41, 5.74) is 3.26. The summed E-state index contributed by atoms with van der Waals surface area (Å²) >= 11 is 6.00. The highest BCUT2D eigenvalue weighted by atomic mass is 35.5. The number of aliphatic hydroxyl groups is 1. The number of methoxy groups -OCH3 is 1. The average molecular weight is 386 g/mol. The van der Waals surface area contributed by atoms with E-state index in [9.17, 15) is 4.79 Å². The standard InChI is InChI=1S/C18H16ClN5O3/c1-27-10-13-15(11-2-4-12(19)5-3-11)17-21-20-16-14(24(17)22-13)6-7-23(8-9-25)18(16)26/h2-7,25H,8-10H2,1H3. The third-order valence-corrected chi connectivity index (χ3v) is 4.53. The van der Waals surface area contributed by atoms with Crippen molar-refractivity contribution in [2.24, 2.45) is 0 Å². The number of hydrogen-bond acceptors (Lipinski definition) is 6. The average Bonchev–Trinajstić information content (AvgIpc) is 3.03. The minimum atomic E-state index is -0.326. The molecule has 0 fully saturated rings. The van der Waals surface area contributed by atoms with Crippen molar-refractivity contribution in [3.8, 4) is 11.1 Å². The third kappa shape index (κ3) is 2.97. The Morgan fingerprint density at radius 2 is 1.96 bits per heavy atom. The first-order chi connectivity index (χ1) is 13.1. The lowest BCUT2D eigenvalue weighted by Gasteiger charge is -2.05. The second-order valence-electron chi connectivity index (χ2n) is 5.97. The highest BCUT2D eigenvalue weighted by Crippen LogP contribution is 2.29. The molecule has 9 heteroatoms. The fourth-order valence-corrected chi connectivity index (χ4v) is 3.19. The summed E-state index contributed by atoms with van der Waals surface area (Å²) in [6.45, 7) is 0.338. The lowest BCUT2D eigenvalue weighted by Crippen LogP contribution is -2.23. The lowest BCUT2D eigenvalue weighted by molar-refractivity contribution is 0.181. The zero-order valence-corrected chi connectivity index (χ0v) is 15.2. The maximum atomic E-state index is 12.6. The third-order valence-electron chi connectivity index (χ3n) is 4.28. The number of halogens is 1. The van der Waals surface area contributed by atoms with E-state index in [1.54, 1.807) is 36.0 Å². The highest BCUT2D eigenvalue weighted by molar-refractivity contribution is 6.30. The molecule has 8 nitrogen and oxygen atoms in total. The maximum Gasteiger partial charge on any atom is 0.280 e. The largest absolute Gasteiger partial charge is 0.395 e. The van der Waals surface area contributed by atoms with E-state index in [2.05, 4.69) is 15.3 Å². The molecule has 0 aliphatic heterocycles. The van der Waals surface area contributed by atoms with E-state index in [1.807, 2.05) is 12.1 Å². The van der Waals surface area contributed by atoms with E-state index in [-0.39, 0.29) is 30.8 Å². The van der Waals surface area contributed by atoms with Crippen LogP contribution < -0.4 is 5.56 Å². The predicted molar refractivity (Wildman–Crippen MR) is 101 cm³/mol. The van der Waals surface area contributed by atoms with E-state index in [0.717, 1.165) is 11.1 Å². The molecule has 1 aromatic carbocycles. The van der Waals surface area contributed by atoms with Gasteiger partial charge < -0.3 is 14.4 Å². The van der Waals surface area contributed by atoms with Gasteiger partial charge in [-0.1, -0.05) is 23.7 Å². The van der Waals surface area contributed by atoms with Crippen molar-refractivity contribution < 1.29 is 9.84 Å². The van der Waals surface area contributed by atoms with Gasteiger partial charge in [-0.25, -0.2) is 4.52 Å². The Kier molecular flexibility index (Phi) is 4.61. The quantitative estimate of drug-likeness (QED) is 0.564. The van der Waals surface area contributed by atoms with Crippen LogP contribution in [0, 0.1) is 0 Å². The summed E-state index contributed by atoms with van der Waals surface area (Å²) in [5, 5.41) is 22.7. The van der Waals surface area contributed by atoms with Crippen molar-refractivity contribution in [2.45, 2.75) is 13.2 Å². The summed E-state index contributed by atoms with van der Waals surface area (Å²) in [4.78, 5) is 12.6. The number of pyridine rings is 1. The highest BCUT2D eigenvalue weighted by Gasteiger charge is 2.19. The van der Waals surface area contributed by atoms with E-state index in [4.69, 9.17) is 21.4 Å². The molecule has 4 aromatic rings. The monoisotopic (exact) mass is 385 g/mol. The van der Waals surface area contributed by atoms with Crippen LogP contribution in [0.25, 0.3) is 27.8 Å². The Morgan fingerprint density at radius 1 is 1.19 bits per heavy atom. The number of fused-ring (bicyclic) bond motifs is 3. The van der Waals surface area contributed by atoms with Crippen molar-refractivity contribution in [3.05, 3.63) is 57.6 Å². The molecule has 0 aliphatic carbocycles. The minimum absolute atomic E-state index is 0.137. The predicted octanol–water partition coefficient (Wildman–Crippen LogP) is 1.90. The van der Waals surface area contributed by atoms with Gasteiger partial charge in [-0.2, -0.15) is 5.10 Å². The van der Waals surface area contributed by atoms with Crippen LogP contribution in [0.3, 0.4) is 0 Å². The second kappa shape index (κ2) is 7.07. The second-order valence-corrected chi connectivity index (χ2v) is 6.41. The normalized spacial score (nSPS) is 11.5. The fourth-order valence-electron chi connectivity index (χ4n) is 3.06. The molecule has 0 spiro atoms. The molecular formula is C18H16ClN5O3. The summed E-state index contributed by atoms with van der Waals surface area (Å²) in [6, 6.07) is 9.08. The summed E-state index contributed by atoms with van der Waals surface area (Å²) in [6.07, 6.45) is 1.61. The van der Waals surface area contributed by atoms with Gasteiger partial charge in [0, 0.05) is 24.9 Å². The molecule has 3 heterocycles. The Bertz CT molecular complexity index is 1180. The van der Waals surface area contributed by atoms with Crippen molar-refractivity contribution in [1.82, 2.24) is 24.4 Å². The number of rotatable bonds is 5. The van der Waals surface area contributed by atoms with Gasteiger partial charge in [0.2, 0.25) is 0 Å². The molecule has 1 N–H and O–H groups in total. The molecule has 0 unspecified atom stereocenters. The molecular weight excluding hydrogens is 370 g/mol. The Labute approximate surface area is 158 Å². The van der Waals surface area contributed by atoms with Gasteiger partial charge in [-0.15, -0.1) is 10.2 Å². The summed E-state index contributed by atoms with van der Waals surface area (Å²) < 4.78 is 8.28. The molecule has 3 aromatic heterocycles. The number of ether oxygens (including phenoxy) is 1. The molecule has 138 valence electrons. The number of aliphatic hydroxyl groups excluding tert-OH is 1. The number of benzene rings is 1. The molecule has 0 bridgehead atoms. The smallest absolute Gasteiger partial charge is 0.280 e. The fraction of sp³-hybridized carbons (Fsp3) is 0.222. The molecule has 0 amide bonds. The van der Waals surface area contributed by atoms with Gasteiger partial charge in [0.15, 0.2) is 11.2 Å². The van der Waals surface area contributed by atoms with Crippen molar-refractivity contribution in [3.63, 3.8) is 0 Å². The molecule has 0 saturated heterocycles. The molecule has 27 heavy (non-hydrogen) atoms. The zero-order chi connectivity index (χ0) is 19.0. The van der Waals surface area contributed by atoms with Crippen molar-refractivity contribution in [2.75, 3.05) is 13.7 Å². The summed E-state index contributed by atoms with van der Waals surface area (Å²) in [5.74, 6) is 0. The number of nitrogens with zero attached hydrogens (tertiary/aromatic N) is 5. The van der Waals surface area contributed by atoms with Crippen LogP contribution in [0.4, 0.5) is 0 Å². The first-order valence-electron chi connectivity index (χ1n) is 8.27. The first-order valence-corrected chi connectivity index (χ1v) is 8.65. The van der Waals surface area contributed by atoms with Crippen LogP contribution in [0.5, 0.6) is 0 Å². The van der Waals surface area contributed by atoms with Crippen molar-refractivity contribution in [1.29, 1.82) is 0 Å². The van der Waals surface area contributed by atoms with Gasteiger partial charge in [0.25, 0.3) is 5.56 Å². The Hall–Kier alpha value is -2.81. The van der Waals surface area contributed by atoms with Crippen molar-refractivity contribution >= 4 is 28.3 Å². The Morgan fingerprint density at radius 3 is 2.67 bits per heavy atom. The molecule has 4 rings (SSSR count). The minimum Gasteiger partial charge on any atom is -0.395 e. The van der Waals surface area contributed by atoms with E-state index >= 15 is 0 Å². The van der Waals surface area contributed by atoms with E-state index in [0.29, 0.717) is 21.9 Å². The van der Waals surface area contributed by atoms with Crippen LogP contribution in [-0.2, 0) is 17.9 Å². The van der Waals surface area contributed by atoms with Gasteiger partial charge in [0.05, 0.1) is 24.5 Å². The molecule has 0 radical (unpaired) electrons. The molecule has 0 aliphatic rings. The zero-order valence-electron chi connectivity index (χ0n) is 14.5. The van der Waals surface area contributed by atoms with Crippen LogP contribution in [0.2, 0.25) is 5.02 Å². The lowest BCUT2D eigenvalue weighted by atomic mass is 10.1. The van der Waals surface area contributed by atoms with E-state index < -0.39 is 0 Å². The van der Waals surface area contributed by atoms with Gasteiger partial charge in [-0.05, 0) is 23.8 Å². The topological polar surface area (TPSA) is 94.5 Å². The molecule has 0 atom stereocenters. The SMILES string of the molecule is COCc1nn2c(nnc3c(=O)n(CCO)ccc32)c1-c1ccc(Cl)cc1. The summed E-state index contributed by atoms with van der Waals surface area (Å²) in [7, 11) is 1.59. The first kappa shape index (κ1) is 17.6. The van der Waals surface area contributed by atoms with Crippen LogP contribution in [0.1, 0.15) is 5.69 Å². The number of hydrogen-bond donors (Lipinski definition) is 1. The van der Waals surface area contributed by atoms with Crippen LogP contribution >= 0.6 is 11.6 Å². The van der Waals surface area contributed by atoms with Gasteiger partial charge in [0.1, 0.15) is 5.52 Å². The van der Waals surface area contributed by atoms with Crippen LogP contribution in [0.15, 0.2) is 41.3 Å². The molecule has 0 saturated carbocycles. The van der Waals surface area contributed by atoms with E-state index in [1.165, 1.54) is 4.57 Å².